The van der Waals surface area contributed by atoms with E-state index in [-0.39, 0.29) is 11.9 Å². The lowest BCUT2D eigenvalue weighted by Gasteiger charge is -2.12. The van der Waals surface area contributed by atoms with E-state index in [1.54, 1.807) is 0 Å². The number of quaternary nitrogens is 1. The van der Waals surface area contributed by atoms with Gasteiger partial charge in [-0.25, -0.2) is 0 Å². The van der Waals surface area contributed by atoms with Crippen LogP contribution < -0.4 is 10.6 Å². The number of amides is 1. The average Bonchev–Trinajstić information content (AvgIpc) is 2.55. The maximum Gasteiger partial charge on any atom is 0.275 e. The van der Waals surface area contributed by atoms with Gasteiger partial charge in [-0.2, -0.15) is 0 Å². The van der Waals surface area contributed by atoms with E-state index in [1.807, 2.05) is 60.8 Å². The van der Waals surface area contributed by atoms with Crippen molar-refractivity contribution in [3.8, 4) is 0 Å². The topological polar surface area (TPSA) is 45.7 Å². The van der Waals surface area contributed by atoms with Crippen LogP contribution in [0.15, 0.2) is 48.5 Å². The zero-order valence-corrected chi connectivity index (χ0v) is 14.6. The van der Waals surface area contributed by atoms with Gasteiger partial charge in [0.05, 0.1) is 0 Å². The summed E-state index contributed by atoms with van der Waals surface area (Å²) in [7, 11) is 0. The molecule has 0 unspecified atom stereocenters. The lowest BCUT2D eigenvalue weighted by atomic mass is 10.1. The van der Waals surface area contributed by atoms with Gasteiger partial charge in [0.15, 0.2) is 6.54 Å². The number of carbonyl (C=O) groups excluding carboxylic acids is 1. The second-order valence-corrected chi connectivity index (χ2v) is 6.32. The normalized spacial score (nSPS) is 12.0. The van der Waals surface area contributed by atoms with E-state index in [0.29, 0.717) is 13.1 Å². The molecule has 0 heterocycles. The molecule has 0 aliphatic carbocycles. The fourth-order valence-electron chi connectivity index (χ4n) is 2.32. The van der Waals surface area contributed by atoms with Crippen LogP contribution in [0.4, 0.5) is 0 Å². The van der Waals surface area contributed by atoms with Gasteiger partial charge < -0.3 is 10.6 Å². The fourth-order valence-corrected chi connectivity index (χ4v) is 2.76. The molecule has 0 saturated heterocycles. The summed E-state index contributed by atoms with van der Waals surface area (Å²) in [6, 6.07) is 15.5. The number of rotatable bonds is 7. The highest BCUT2D eigenvalue weighted by molar-refractivity contribution is 6.31. The van der Waals surface area contributed by atoms with Crippen molar-refractivity contribution in [1.29, 1.82) is 0 Å². The highest BCUT2D eigenvalue weighted by Gasteiger charge is 2.13. The minimum Gasteiger partial charge on any atom is -0.351 e. The van der Waals surface area contributed by atoms with Crippen LogP contribution in [0, 0.1) is 0 Å². The van der Waals surface area contributed by atoms with Gasteiger partial charge in [0, 0.05) is 22.2 Å². The van der Waals surface area contributed by atoms with Crippen LogP contribution in [0.1, 0.15) is 24.1 Å². The third-order valence-corrected chi connectivity index (χ3v) is 4.30. The Balaban J connectivity index is 1.71. The first-order chi connectivity index (χ1) is 11.1. The number of hydrogen-bond donors (Lipinski definition) is 2. The van der Waals surface area contributed by atoms with E-state index in [0.717, 1.165) is 27.6 Å². The number of nitrogens with two attached hydrogens (primary N) is 1. The number of halogens is 2. The predicted molar refractivity (Wildman–Crippen MR) is 94.8 cm³/mol. The molecule has 23 heavy (non-hydrogen) atoms. The largest absolute Gasteiger partial charge is 0.351 e. The Bertz CT molecular complexity index is 644. The molecule has 0 fully saturated rings. The lowest BCUT2D eigenvalue weighted by molar-refractivity contribution is -0.682. The van der Waals surface area contributed by atoms with Crippen molar-refractivity contribution in [2.45, 2.75) is 19.4 Å². The Hall–Kier alpha value is -1.55. The summed E-state index contributed by atoms with van der Waals surface area (Å²) in [5.41, 5.74) is 2.20. The molecule has 2 rings (SSSR count). The highest BCUT2D eigenvalue weighted by atomic mass is 35.5. The lowest BCUT2D eigenvalue weighted by Crippen LogP contribution is -2.87. The van der Waals surface area contributed by atoms with Gasteiger partial charge in [0.25, 0.3) is 5.91 Å². The second kappa shape index (κ2) is 8.92. The molecule has 3 nitrogen and oxygen atoms in total. The minimum absolute atomic E-state index is 0.0258. The Morgan fingerprint density at radius 3 is 2.52 bits per heavy atom. The molecule has 3 N–H and O–H groups in total. The van der Waals surface area contributed by atoms with Crippen LogP contribution >= 0.6 is 23.2 Å². The first-order valence-corrected chi connectivity index (χ1v) is 8.41. The van der Waals surface area contributed by atoms with E-state index in [9.17, 15) is 4.79 Å². The van der Waals surface area contributed by atoms with Crippen molar-refractivity contribution in [3.63, 3.8) is 0 Å². The van der Waals surface area contributed by atoms with Crippen molar-refractivity contribution in [2.24, 2.45) is 0 Å². The Morgan fingerprint density at radius 1 is 1.13 bits per heavy atom. The molecule has 2 aromatic rings. The van der Waals surface area contributed by atoms with E-state index in [4.69, 9.17) is 23.2 Å². The summed E-state index contributed by atoms with van der Waals surface area (Å²) >= 11 is 12.0. The van der Waals surface area contributed by atoms with Gasteiger partial charge in [-0.1, -0.05) is 53.5 Å². The van der Waals surface area contributed by atoms with Gasteiger partial charge in [-0.05, 0) is 37.1 Å². The standard InChI is InChI=1S/C18H20Cl2N2O/c1-13(16-4-2-3-5-17(16)20)22-12-18(23)21-11-10-14-6-8-15(19)9-7-14/h2-9,13,22H,10-12H2,1H3,(H,21,23)/p+1/t13-/m0/s1. The molecule has 122 valence electrons. The van der Waals surface area contributed by atoms with Crippen molar-refractivity contribution in [2.75, 3.05) is 13.1 Å². The van der Waals surface area contributed by atoms with Crippen LogP contribution in [0.5, 0.6) is 0 Å². The summed E-state index contributed by atoms with van der Waals surface area (Å²) in [6.45, 7) is 3.05. The SMILES string of the molecule is C[C@H]([NH2+]CC(=O)NCCc1ccc(Cl)cc1)c1ccccc1Cl. The smallest absolute Gasteiger partial charge is 0.275 e. The quantitative estimate of drug-likeness (QED) is 0.791. The summed E-state index contributed by atoms with van der Waals surface area (Å²) in [6.07, 6.45) is 0.795. The summed E-state index contributed by atoms with van der Waals surface area (Å²) in [5, 5.41) is 6.37. The van der Waals surface area contributed by atoms with Crippen LogP contribution in [-0.2, 0) is 11.2 Å². The summed E-state index contributed by atoms with van der Waals surface area (Å²) in [4.78, 5) is 11.9. The summed E-state index contributed by atoms with van der Waals surface area (Å²) < 4.78 is 0. The highest BCUT2D eigenvalue weighted by Crippen LogP contribution is 2.19. The van der Waals surface area contributed by atoms with Crippen molar-refractivity contribution in [3.05, 3.63) is 69.7 Å². The fraction of sp³-hybridized carbons (Fsp3) is 0.278. The van der Waals surface area contributed by atoms with E-state index < -0.39 is 0 Å². The first-order valence-electron chi connectivity index (χ1n) is 7.65. The van der Waals surface area contributed by atoms with E-state index in [1.165, 1.54) is 0 Å². The number of carbonyl (C=O) groups is 1. The number of hydrogen-bond acceptors (Lipinski definition) is 1. The van der Waals surface area contributed by atoms with Gasteiger partial charge in [-0.3, -0.25) is 4.79 Å². The third kappa shape index (κ3) is 5.87. The van der Waals surface area contributed by atoms with Crippen LogP contribution in [0.3, 0.4) is 0 Å². The molecule has 0 aliphatic heterocycles. The maximum atomic E-state index is 11.9. The van der Waals surface area contributed by atoms with E-state index >= 15 is 0 Å². The first kappa shape index (κ1) is 17.8. The molecule has 0 saturated carbocycles. The third-order valence-electron chi connectivity index (χ3n) is 3.70. The zero-order valence-electron chi connectivity index (χ0n) is 13.1. The van der Waals surface area contributed by atoms with Crippen molar-refractivity contribution < 1.29 is 10.1 Å². The molecular formula is C18H21Cl2N2O+. The molecule has 0 radical (unpaired) electrons. The van der Waals surface area contributed by atoms with Gasteiger partial charge in [-0.15, -0.1) is 0 Å². The molecule has 5 heteroatoms. The summed E-state index contributed by atoms with van der Waals surface area (Å²) in [5.74, 6) is 0.0258. The molecule has 1 atom stereocenters. The van der Waals surface area contributed by atoms with Crippen molar-refractivity contribution >= 4 is 29.1 Å². The molecule has 0 bridgehead atoms. The monoisotopic (exact) mass is 351 g/mol. The average molecular weight is 352 g/mol. The Labute approximate surface area is 147 Å². The molecule has 0 spiro atoms. The Kier molecular flexibility index (Phi) is 6.90. The van der Waals surface area contributed by atoms with Gasteiger partial charge >= 0.3 is 0 Å². The van der Waals surface area contributed by atoms with Gasteiger partial charge in [0.2, 0.25) is 0 Å². The van der Waals surface area contributed by atoms with Crippen LogP contribution in [-0.4, -0.2) is 19.0 Å². The van der Waals surface area contributed by atoms with Crippen LogP contribution in [0.2, 0.25) is 10.0 Å². The molecular weight excluding hydrogens is 331 g/mol. The molecule has 0 aliphatic rings. The van der Waals surface area contributed by atoms with Crippen molar-refractivity contribution in [1.82, 2.24) is 5.32 Å². The van der Waals surface area contributed by atoms with Crippen LogP contribution in [0.25, 0.3) is 0 Å². The maximum absolute atomic E-state index is 11.9. The molecule has 2 aromatic carbocycles. The predicted octanol–water partition coefficient (Wildman–Crippen LogP) is 2.98. The van der Waals surface area contributed by atoms with E-state index in [2.05, 4.69) is 5.32 Å². The van der Waals surface area contributed by atoms with Gasteiger partial charge in [0.1, 0.15) is 6.04 Å². The molecule has 1 amide bonds. The minimum atomic E-state index is 0.0258. The molecule has 0 aromatic heterocycles. The number of benzene rings is 2. The second-order valence-electron chi connectivity index (χ2n) is 5.48. The zero-order chi connectivity index (χ0) is 16.7. The Morgan fingerprint density at radius 2 is 1.83 bits per heavy atom. The number of nitrogens with one attached hydrogen (secondary N) is 1.